The zero-order chi connectivity index (χ0) is 21.8. The standard InChI is InChI=1S/C21H28ClN7O2/c22-18-21(26-14-3-7-16(30)8-4-14)28-20(17(27-18)19(23)31)25-13-1-5-15(6-2-13)29-11-9-24-10-12-29/h1-2,5-6,14,16,24,30H,3-4,7-12H2,(H2,23,31)(H2,25,26,28)/t14-,16-. The van der Waals surface area contributed by atoms with Gasteiger partial charge in [-0.05, 0) is 49.9 Å². The molecule has 2 heterocycles. The first-order valence-corrected chi connectivity index (χ1v) is 11.0. The van der Waals surface area contributed by atoms with Gasteiger partial charge in [-0.1, -0.05) is 11.6 Å². The van der Waals surface area contributed by atoms with Crippen molar-refractivity contribution >= 4 is 40.5 Å². The number of nitrogens with zero attached hydrogens (tertiary/aromatic N) is 3. The van der Waals surface area contributed by atoms with Crippen LogP contribution in [0.1, 0.15) is 36.2 Å². The fourth-order valence-corrected chi connectivity index (χ4v) is 4.18. The highest BCUT2D eigenvalue weighted by atomic mass is 35.5. The Balaban J connectivity index is 1.52. The number of nitrogens with two attached hydrogens (primary N) is 1. The van der Waals surface area contributed by atoms with Crippen molar-refractivity contribution < 1.29 is 9.90 Å². The fourth-order valence-electron chi connectivity index (χ4n) is 3.99. The number of anilines is 4. The second-order valence-electron chi connectivity index (χ2n) is 7.98. The first-order valence-electron chi connectivity index (χ1n) is 10.6. The molecule has 0 atom stereocenters. The predicted molar refractivity (Wildman–Crippen MR) is 122 cm³/mol. The molecule has 1 aliphatic heterocycles. The van der Waals surface area contributed by atoms with E-state index in [0.29, 0.717) is 5.82 Å². The minimum atomic E-state index is -0.707. The second-order valence-corrected chi connectivity index (χ2v) is 8.34. The lowest BCUT2D eigenvalue weighted by atomic mass is 9.93. The Morgan fingerprint density at radius 2 is 1.77 bits per heavy atom. The quantitative estimate of drug-likeness (QED) is 0.457. The Kier molecular flexibility index (Phi) is 6.74. The molecule has 4 rings (SSSR count). The molecule has 1 saturated carbocycles. The number of halogens is 1. The molecular weight excluding hydrogens is 418 g/mol. The van der Waals surface area contributed by atoms with Crippen LogP contribution in [-0.4, -0.2) is 59.3 Å². The Morgan fingerprint density at radius 3 is 2.42 bits per heavy atom. The van der Waals surface area contributed by atoms with E-state index in [2.05, 4.69) is 30.8 Å². The molecule has 2 aromatic rings. The number of hydrogen-bond donors (Lipinski definition) is 5. The van der Waals surface area contributed by atoms with Gasteiger partial charge in [-0.25, -0.2) is 9.97 Å². The normalized spacial score (nSPS) is 21.5. The lowest BCUT2D eigenvalue weighted by Crippen LogP contribution is -2.43. The summed E-state index contributed by atoms with van der Waals surface area (Å²) in [6.07, 6.45) is 2.83. The summed E-state index contributed by atoms with van der Waals surface area (Å²) in [5.41, 5.74) is 7.41. The molecule has 0 bridgehead atoms. The van der Waals surface area contributed by atoms with E-state index in [1.807, 2.05) is 24.3 Å². The van der Waals surface area contributed by atoms with Gasteiger partial charge in [-0.15, -0.1) is 0 Å². The summed E-state index contributed by atoms with van der Waals surface area (Å²) in [5, 5.41) is 19.6. The number of aromatic nitrogens is 2. The number of aliphatic hydroxyl groups excluding tert-OH is 1. The molecule has 31 heavy (non-hydrogen) atoms. The van der Waals surface area contributed by atoms with Gasteiger partial charge in [-0.2, -0.15) is 0 Å². The second kappa shape index (κ2) is 9.67. The van der Waals surface area contributed by atoms with Gasteiger partial charge < -0.3 is 31.7 Å². The van der Waals surface area contributed by atoms with E-state index in [1.165, 1.54) is 0 Å². The van der Waals surface area contributed by atoms with E-state index >= 15 is 0 Å². The first-order chi connectivity index (χ1) is 15.0. The van der Waals surface area contributed by atoms with E-state index in [4.69, 9.17) is 17.3 Å². The SMILES string of the molecule is NC(=O)c1nc(Cl)c(N[C@H]2CC[C@H](O)CC2)nc1Nc1ccc(N2CCNCC2)cc1. The predicted octanol–water partition coefficient (Wildman–Crippen LogP) is 2.10. The van der Waals surface area contributed by atoms with Crippen LogP contribution in [0.4, 0.5) is 23.0 Å². The highest BCUT2D eigenvalue weighted by molar-refractivity contribution is 6.32. The lowest BCUT2D eigenvalue weighted by molar-refractivity contribution is 0.0996. The summed E-state index contributed by atoms with van der Waals surface area (Å²) >= 11 is 6.27. The zero-order valence-electron chi connectivity index (χ0n) is 17.3. The monoisotopic (exact) mass is 445 g/mol. The van der Waals surface area contributed by atoms with Crippen LogP contribution in [0.3, 0.4) is 0 Å². The van der Waals surface area contributed by atoms with Crippen LogP contribution in [0.15, 0.2) is 24.3 Å². The third-order valence-corrected chi connectivity index (χ3v) is 6.00. The van der Waals surface area contributed by atoms with Gasteiger partial charge in [0.05, 0.1) is 6.10 Å². The molecule has 6 N–H and O–H groups in total. The minimum Gasteiger partial charge on any atom is -0.393 e. The maximum atomic E-state index is 11.9. The number of carbonyl (C=O) groups is 1. The molecule has 0 unspecified atom stereocenters. The Hall–Kier alpha value is -2.62. The third kappa shape index (κ3) is 5.36. The Morgan fingerprint density at radius 1 is 1.10 bits per heavy atom. The highest BCUT2D eigenvalue weighted by Crippen LogP contribution is 2.29. The molecule has 1 amide bonds. The van der Waals surface area contributed by atoms with Gasteiger partial charge in [0.2, 0.25) is 0 Å². The molecule has 0 spiro atoms. The maximum Gasteiger partial charge on any atom is 0.271 e. The van der Waals surface area contributed by atoms with E-state index < -0.39 is 5.91 Å². The topological polar surface area (TPSA) is 128 Å². The van der Waals surface area contributed by atoms with Crippen molar-refractivity contribution in [2.75, 3.05) is 41.7 Å². The summed E-state index contributed by atoms with van der Waals surface area (Å²) in [7, 11) is 0. The highest BCUT2D eigenvalue weighted by Gasteiger charge is 2.23. The minimum absolute atomic E-state index is 0.0132. The molecule has 10 heteroatoms. The first kappa shape index (κ1) is 21.6. The van der Waals surface area contributed by atoms with Crippen molar-refractivity contribution in [2.45, 2.75) is 37.8 Å². The lowest BCUT2D eigenvalue weighted by Gasteiger charge is -2.29. The summed E-state index contributed by atoms with van der Waals surface area (Å²) < 4.78 is 0. The molecule has 0 radical (unpaired) electrons. The summed E-state index contributed by atoms with van der Waals surface area (Å²) in [6, 6.07) is 8.09. The summed E-state index contributed by atoms with van der Waals surface area (Å²) in [4.78, 5) is 22.9. The average Bonchev–Trinajstić information content (AvgIpc) is 2.78. The molecule has 1 saturated heterocycles. The van der Waals surface area contributed by atoms with Crippen LogP contribution in [0.2, 0.25) is 5.15 Å². The number of rotatable bonds is 6. The van der Waals surface area contributed by atoms with Crippen LogP contribution in [0, 0.1) is 0 Å². The van der Waals surface area contributed by atoms with Gasteiger partial charge in [0.25, 0.3) is 5.91 Å². The molecule has 2 fully saturated rings. The maximum absolute atomic E-state index is 11.9. The van der Waals surface area contributed by atoms with E-state index in [0.717, 1.165) is 63.2 Å². The molecule has 2 aliphatic rings. The number of amides is 1. The molecular formula is C21H28ClN7O2. The molecule has 1 aromatic heterocycles. The number of piperazine rings is 1. The third-order valence-electron chi connectivity index (χ3n) is 5.74. The number of hydrogen-bond acceptors (Lipinski definition) is 8. The van der Waals surface area contributed by atoms with Crippen molar-refractivity contribution in [3.63, 3.8) is 0 Å². The smallest absolute Gasteiger partial charge is 0.271 e. The van der Waals surface area contributed by atoms with Crippen molar-refractivity contribution in [1.82, 2.24) is 15.3 Å². The van der Waals surface area contributed by atoms with Crippen molar-refractivity contribution in [3.8, 4) is 0 Å². The largest absolute Gasteiger partial charge is 0.393 e. The molecule has 9 nitrogen and oxygen atoms in total. The van der Waals surface area contributed by atoms with Crippen molar-refractivity contribution in [2.24, 2.45) is 5.73 Å². The van der Waals surface area contributed by atoms with Gasteiger partial charge >= 0.3 is 0 Å². The number of nitrogens with one attached hydrogen (secondary N) is 3. The van der Waals surface area contributed by atoms with Gasteiger partial charge in [-0.3, -0.25) is 4.79 Å². The van der Waals surface area contributed by atoms with E-state index in [9.17, 15) is 9.90 Å². The Bertz CT molecular complexity index is 911. The zero-order valence-corrected chi connectivity index (χ0v) is 18.0. The summed E-state index contributed by atoms with van der Waals surface area (Å²) in [6.45, 7) is 3.87. The Labute approximate surface area is 186 Å². The number of primary amides is 1. The van der Waals surface area contributed by atoms with Crippen LogP contribution >= 0.6 is 11.6 Å². The van der Waals surface area contributed by atoms with Crippen molar-refractivity contribution in [1.29, 1.82) is 0 Å². The molecule has 1 aromatic carbocycles. The number of aliphatic hydroxyl groups is 1. The van der Waals surface area contributed by atoms with Gasteiger partial charge in [0.1, 0.15) is 0 Å². The van der Waals surface area contributed by atoms with Crippen LogP contribution in [0.25, 0.3) is 0 Å². The number of benzene rings is 1. The van der Waals surface area contributed by atoms with Crippen LogP contribution in [-0.2, 0) is 0 Å². The average molecular weight is 446 g/mol. The van der Waals surface area contributed by atoms with Crippen LogP contribution < -0.4 is 26.6 Å². The van der Waals surface area contributed by atoms with Gasteiger partial charge in [0.15, 0.2) is 22.5 Å². The molecule has 1 aliphatic carbocycles. The summed E-state index contributed by atoms with van der Waals surface area (Å²) in [5.74, 6) is -0.0557. The van der Waals surface area contributed by atoms with Gasteiger partial charge in [0, 0.05) is 43.6 Å². The molecule has 166 valence electrons. The van der Waals surface area contributed by atoms with Crippen LogP contribution in [0.5, 0.6) is 0 Å². The van der Waals surface area contributed by atoms with Crippen molar-refractivity contribution in [3.05, 3.63) is 35.1 Å². The number of carbonyl (C=O) groups excluding carboxylic acids is 1. The van der Waals surface area contributed by atoms with E-state index in [-0.39, 0.29) is 28.8 Å². The fraction of sp³-hybridized carbons (Fsp3) is 0.476. The van der Waals surface area contributed by atoms with E-state index in [1.54, 1.807) is 0 Å².